The number of benzene rings is 1. The van der Waals surface area contributed by atoms with Gasteiger partial charge in [0.1, 0.15) is 11.6 Å². The molecule has 16 heavy (non-hydrogen) atoms. The molecular formula is C12H16ClF2N. The van der Waals surface area contributed by atoms with Crippen LogP contribution in [-0.2, 0) is 0 Å². The van der Waals surface area contributed by atoms with E-state index in [0.717, 1.165) is 18.6 Å². The molecule has 0 amide bonds. The van der Waals surface area contributed by atoms with Gasteiger partial charge in [0.15, 0.2) is 0 Å². The SMILES string of the molecule is CC(C)CCC(N)c1cc(F)c(Cl)cc1F. The molecule has 0 heterocycles. The molecule has 0 aliphatic carbocycles. The average molecular weight is 248 g/mol. The second kappa shape index (κ2) is 5.60. The lowest BCUT2D eigenvalue weighted by Gasteiger charge is -2.14. The Bertz CT molecular complexity index is 366. The second-order valence-corrected chi connectivity index (χ2v) is 4.77. The molecule has 0 saturated heterocycles. The van der Waals surface area contributed by atoms with Gasteiger partial charge in [0.25, 0.3) is 0 Å². The van der Waals surface area contributed by atoms with Gasteiger partial charge >= 0.3 is 0 Å². The van der Waals surface area contributed by atoms with Gasteiger partial charge in [0.2, 0.25) is 0 Å². The third kappa shape index (κ3) is 3.42. The lowest BCUT2D eigenvalue weighted by molar-refractivity contribution is 0.487. The van der Waals surface area contributed by atoms with Crippen molar-refractivity contribution in [1.29, 1.82) is 0 Å². The van der Waals surface area contributed by atoms with Gasteiger partial charge in [-0.2, -0.15) is 0 Å². The molecule has 2 N–H and O–H groups in total. The molecule has 0 fully saturated rings. The van der Waals surface area contributed by atoms with Crippen molar-refractivity contribution in [3.8, 4) is 0 Å². The van der Waals surface area contributed by atoms with E-state index in [1.807, 2.05) is 0 Å². The first-order valence-electron chi connectivity index (χ1n) is 5.31. The average Bonchev–Trinajstić information content (AvgIpc) is 2.20. The molecule has 0 aliphatic heterocycles. The summed E-state index contributed by atoms with van der Waals surface area (Å²) in [5, 5.41) is -0.211. The van der Waals surface area contributed by atoms with E-state index in [1.165, 1.54) is 0 Å². The molecular weight excluding hydrogens is 232 g/mol. The standard InChI is InChI=1S/C12H16ClF2N/c1-7(2)3-4-12(16)8-5-11(15)9(13)6-10(8)14/h5-7,12H,3-4,16H2,1-2H3. The third-order valence-electron chi connectivity index (χ3n) is 2.49. The Morgan fingerprint density at radius 3 is 2.38 bits per heavy atom. The number of hydrogen-bond donors (Lipinski definition) is 1. The summed E-state index contributed by atoms with van der Waals surface area (Å²) in [6.07, 6.45) is 1.51. The molecule has 0 radical (unpaired) electrons. The summed E-state index contributed by atoms with van der Waals surface area (Å²) in [6, 6.07) is 1.58. The van der Waals surface area contributed by atoms with Crippen molar-refractivity contribution in [2.24, 2.45) is 11.7 Å². The highest BCUT2D eigenvalue weighted by Gasteiger charge is 2.15. The predicted octanol–water partition coefficient (Wildman–Crippen LogP) is 4.05. The van der Waals surface area contributed by atoms with Crippen molar-refractivity contribution in [3.63, 3.8) is 0 Å². The fourth-order valence-electron chi connectivity index (χ4n) is 1.49. The molecule has 1 atom stereocenters. The van der Waals surface area contributed by atoms with E-state index in [1.54, 1.807) is 0 Å². The highest BCUT2D eigenvalue weighted by Crippen LogP contribution is 2.25. The predicted molar refractivity (Wildman–Crippen MR) is 62.4 cm³/mol. The summed E-state index contributed by atoms with van der Waals surface area (Å²) >= 11 is 5.46. The molecule has 0 spiro atoms. The molecule has 1 aromatic carbocycles. The Balaban J connectivity index is 2.82. The van der Waals surface area contributed by atoms with E-state index in [-0.39, 0.29) is 10.6 Å². The fourth-order valence-corrected chi connectivity index (χ4v) is 1.64. The molecule has 0 aliphatic rings. The van der Waals surface area contributed by atoms with Gasteiger partial charge in [-0.05, 0) is 30.9 Å². The number of hydrogen-bond acceptors (Lipinski definition) is 1. The lowest BCUT2D eigenvalue weighted by Crippen LogP contribution is -2.13. The molecule has 1 unspecified atom stereocenters. The summed E-state index contributed by atoms with van der Waals surface area (Å²) in [5.74, 6) is -0.674. The topological polar surface area (TPSA) is 26.0 Å². The van der Waals surface area contributed by atoms with E-state index in [4.69, 9.17) is 17.3 Å². The summed E-state index contributed by atoms with van der Waals surface area (Å²) in [4.78, 5) is 0. The molecule has 1 nitrogen and oxygen atoms in total. The third-order valence-corrected chi connectivity index (χ3v) is 2.78. The van der Waals surface area contributed by atoms with Crippen LogP contribution in [0.25, 0.3) is 0 Å². The number of nitrogens with two attached hydrogens (primary N) is 1. The summed E-state index contributed by atoms with van der Waals surface area (Å²) in [5.41, 5.74) is 6.01. The van der Waals surface area contributed by atoms with E-state index in [9.17, 15) is 8.78 Å². The Kier molecular flexibility index (Phi) is 4.69. The Labute approximate surface area is 99.6 Å². The molecule has 0 bridgehead atoms. The minimum absolute atomic E-state index is 0.197. The molecule has 0 aromatic heterocycles. The maximum absolute atomic E-state index is 13.5. The van der Waals surface area contributed by atoms with E-state index in [2.05, 4.69) is 13.8 Å². The molecule has 90 valence electrons. The first-order valence-corrected chi connectivity index (χ1v) is 5.69. The van der Waals surface area contributed by atoms with Crippen molar-refractivity contribution >= 4 is 11.6 Å². The van der Waals surface area contributed by atoms with Crippen LogP contribution in [0, 0.1) is 17.6 Å². The molecule has 4 heteroatoms. The van der Waals surface area contributed by atoms with Gasteiger partial charge in [0, 0.05) is 11.6 Å². The highest BCUT2D eigenvalue weighted by molar-refractivity contribution is 6.30. The van der Waals surface area contributed by atoms with Crippen molar-refractivity contribution in [3.05, 3.63) is 34.4 Å². The molecule has 0 saturated carbocycles. The van der Waals surface area contributed by atoms with Gasteiger partial charge < -0.3 is 5.73 Å². The zero-order chi connectivity index (χ0) is 12.3. The first kappa shape index (κ1) is 13.4. The zero-order valence-electron chi connectivity index (χ0n) is 9.43. The smallest absolute Gasteiger partial charge is 0.142 e. The summed E-state index contributed by atoms with van der Waals surface area (Å²) in [6.45, 7) is 4.12. The maximum atomic E-state index is 13.5. The fraction of sp³-hybridized carbons (Fsp3) is 0.500. The van der Waals surface area contributed by atoms with Crippen LogP contribution in [0.3, 0.4) is 0 Å². The zero-order valence-corrected chi connectivity index (χ0v) is 10.2. The lowest BCUT2D eigenvalue weighted by atomic mass is 9.98. The minimum atomic E-state index is -0.627. The second-order valence-electron chi connectivity index (χ2n) is 4.37. The quantitative estimate of drug-likeness (QED) is 0.798. The summed E-state index contributed by atoms with van der Waals surface area (Å²) in [7, 11) is 0. The van der Waals surface area contributed by atoms with Crippen LogP contribution in [0.5, 0.6) is 0 Å². The van der Waals surface area contributed by atoms with Crippen LogP contribution in [0.1, 0.15) is 38.3 Å². The van der Waals surface area contributed by atoms with Gasteiger partial charge in [-0.3, -0.25) is 0 Å². The largest absolute Gasteiger partial charge is 0.324 e. The molecule has 1 rings (SSSR count). The van der Waals surface area contributed by atoms with Crippen molar-refractivity contribution in [2.75, 3.05) is 0 Å². The van der Waals surface area contributed by atoms with Crippen molar-refractivity contribution < 1.29 is 8.78 Å². The van der Waals surface area contributed by atoms with Crippen molar-refractivity contribution in [1.82, 2.24) is 0 Å². The van der Waals surface area contributed by atoms with Crippen LogP contribution >= 0.6 is 11.6 Å². The van der Waals surface area contributed by atoms with Crippen LogP contribution in [0.4, 0.5) is 8.78 Å². The van der Waals surface area contributed by atoms with Crippen molar-refractivity contribution in [2.45, 2.75) is 32.7 Å². The van der Waals surface area contributed by atoms with Crippen LogP contribution in [0.15, 0.2) is 12.1 Å². The van der Waals surface area contributed by atoms with Crippen LogP contribution < -0.4 is 5.73 Å². The van der Waals surface area contributed by atoms with Gasteiger partial charge in [-0.25, -0.2) is 8.78 Å². The van der Waals surface area contributed by atoms with Gasteiger partial charge in [-0.15, -0.1) is 0 Å². The van der Waals surface area contributed by atoms with Crippen LogP contribution in [0.2, 0.25) is 5.02 Å². The Morgan fingerprint density at radius 2 is 1.81 bits per heavy atom. The van der Waals surface area contributed by atoms with E-state index < -0.39 is 17.7 Å². The number of halogens is 3. The van der Waals surface area contributed by atoms with E-state index >= 15 is 0 Å². The van der Waals surface area contributed by atoms with E-state index in [0.29, 0.717) is 12.3 Å². The monoisotopic (exact) mass is 247 g/mol. The first-order chi connectivity index (χ1) is 7.41. The van der Waals surface area contributed by atoms with Gasteiger partial charge in [-0.1, -0.05) is 25.4 Å². The number of rotatable bonds is 4. The normalized spacial score (nSPS) is 13.2. The maximum Gasteiger partial charge on any atom is 0.142 e. The Morgan fingerprint density at radius 1 is 1.19 bits per heavy atom. The Hall–Kier alpha value is -0.670. The summed E-state index contributed by atoms with van der Waals surface area (Å²) < 4.78 is 26.6. The molecule has 1 aromatic rings. The van der Waals surface area contributed by atoms with Crippen LogP contribution in [-0.4, -0.2) is 0 Å². The minimum Gasteiger partial charge on any atom is -0.324 e. The highest BCUT2D eigenvalue weighted by atomic mass is 35.5. The van der Waals surface area contributed by atoms with Gasteiger partial charge in [0.05, 0.1) is 5.02 Å².